The molecule has 140 valence electrons. The van der Waals surface area contributed by atoms with E-state index in [1.807, 2.05) is 12.1 Å². The van der Waals surface area contributed by atoms with Crippen LogP contribution in [0.5, 0.6) is 5.75 Å². The number of likely N-dealkylation sites (tertiary alicyclic amines) is 1. The molecule has 0 spiro atoms. The quantitative estimate of drug-likeness (QED) is 0.726. The van der Waals surface area contributed by atoms with Gasteiger partial charge in [-0.05, 0) is 55.8 Å². The van der Waals surface area contributed by atoms with Crippen LogP contribution >= 0.6 is 0 Å². The minimum Gasteiger partial charge on any atom is -0.497 e. The van der Waals surface area contributed by atoms with Gasteiger partial charge in [0.15, 0.2) is 0 Å². The Morgan fingerprint density at radius 2 is 1.77 bits per heavy atom. The van der Waals surface area contributed by atoms with Crippen molar-refractivity contribution in [2.45, 2.75) is 17.2 Å². The molecular formula is C20H25NO4S. The maximum Gasteiger partial charge on any atom is 0.296 e. The lowest BCUT2D eigenvalue weighted by Crippen LogP contribution is -2.39. The first-order valence-corrected chi connectivity index (χ1v) is 10.2. The van der Waals surface area contributed by atoms with E-state index in [1.54, 1.807) is 37.4 Å². The maximum absolute atomic E-state index is 12.4. The number of hydrogen-bond donors (Lipinski definition) is 0. The normalized spacial score (nSPS) is 21.5. The fourth-order valence-electron chi connectivity index (χ4n) is 3.51. The molecule has 3 rings (SSSR count). The fourth-order valence-corrected chi connectivity index (χ4v) is 4.49. The Bertz CT molecular complexity index is 805. The maximum atomic E-state index is 12.4. The van der Waals surface area contributed by atoms with Gasteiger partial charge in [-0.15, -0.1) is 0 Å². The molecule has 5 nitrogen and oxygen atoms in total. The molecule has 6 heteroatoms. The molecule has 26 heavy (non-hydrogen) atoms. The van der Waals surface area contributed by atoms with Gasteiger partial charge in [-0.1, -0.05) is 30.3 Å². The van der Waals surface area contributed by atoms with Crippen LogP contribution in [0.15, 0.2) is 59.5 Å². The highest BCUT2D eigenvalue weighted by Gasteiger charge is 2.31. The second-order valence-electron chi connectivity index (χ2n) is 6.74. The summed E-state index contributed by atoms with van der Waals surface area (Å²) >= 11 is 0. The molecule has 2 aromatic rings. The van der Waals surface area contributed by atoms with Crippen LogP contribution in [0, 0.1) is 5.92 Å². The van der Waals surface area contributed by atoms with Crippen molar-refractivity contribution in [3.8, 4) is 5.75 Å². The minimum atomic E-state index is -3.73. The molecule has 0 radical (unpaired) electrons. The first kappa shape index (κ1) is 18.9. The summed E-state index contributed by atoms with van der Waals surface area (Å²) in [6, 6.07) is 16.3. The second-order valence-corrected chi connectivity index (χ2v) is 8.36. The van der Waals surface area contributed by atoms with E-state index in [4.69, 9.17) is 8.92 Å². The number of piperidine rings is 1. The number of benzene rings is 2. The summed E-state index contributed by atoms with van der Waals surface area (Å²) in [6.07, 6.45) is 0.974. The van der Waals surface area contributed by atoms with Crippen LogP contribution < -0.4 is 4.74 Å². The molecule has 0 aliphatic carbocycles. The largest absolute Gasteiger partial charge is 0.497 e. The van der Waals surface area contributed by atoms with Crippen LogP contribution in [-0.2, 0) is 14.3 Å². The van der Waals surface area contributed by atoms with Crippen molar-refractivity contribution in [3.63, 3.8) is 0 Å². The summed E-state index contributed by atoms with van der Waals surface area (Å²) in [5.41, 5.74) is 1.20. The van der Waals surface area contributed by atoms with Crippen molar-refractivity contribution < 1.29 is 17.3 Å². The average Bonchev–Trinajstić information content (AvgIpc) is 2.67. The number of methoxy groups -OCH3 is 1. The predicted molar refractivity (Wildman–Crippen MR) is 101 cm³/mol. The Kier molecular flexibility index (Phi) is 5.96. The third kappa shape index (κ3) is 4.44. The molecule has 2 atom stereocenters. The molecule has 0 bridgehead atoms. The smallest absolute Gasteiger partial charge is 0.296 e. The van der Waals surface area contributed by atoms with E-state index in [2.05, 4.69) is 24.1 Å². The molecule has 0 saturated carbocycles. The van der Waals surface area contributed by atoms with Crippen LogP contribution in [-0.4, -0.2) is 47.2 Å². The fraction of sp³-hybridized carbons (Fsp3) is 0.400. The summed E-state index contributed by atoms with van der Waals surface area (Å²) in [5, 5.41) is 0. The van der Waals surface area contributed by atoms with Crippen LogP contribution in [0.1, 0.15) is 17.9 Å². The topological polar surface area (TPSA) is 55.8 Å². The molecule has 0 aromatic heterocycles. The van der Waals surface area contributed by atoms with Crippen molar-refractivity contribution >= 4 is 10.1 Å². The summed E-state index contributed by atoms with van der Waals surface area (Å²) < 4.78 is 35.5. The first-order valence-electron chi connectivity index (χ1n) is 8.76. The molecule has 1 fully saturated rings. The van der Waals surface area contributed by atoms with Crippen LogP contribution in [0.25, 0.3) is 0 Å². The number of ether oxygens (including phenoxy) is 1. The van der Waals surface area contributed by atoms with Gasteiger partial charge in [-0.25, -0.2) is 0 Å². The van der Waals surface area contributed by atoms with Gasteiger partial charge in [-0.2, -0.15) is 8.42 Å². The third-order valence-corrected chi connectivity index (χ3v) is 6.25. The monoisotopic (exact) mass is 375 g/mol. The average molecular weight is 375 g/mol. The molecule has 2 unspecified atom stereocenters. The van der Waals surface area contributed by atoms with E-state index in [-0.39, 0.29) is 23.3 Å². The number of hydrogen-bond acceptors (Lipinski definition) is 5. The van der Waals surface area contributed by atoms with Crippen LogP contribution in [0.2, 0.25) is 0 Å². The Labute approximate surface area is 155 Å². The zero-order chi connectivity index (χ0) is 18.6. The molecule has 1 heterocycles. The molecule has 0 N–H and O–H groups in total. The van der Waals surface area contributed by atoms with Crippen molar-refractivity contribution in [1.82, 2.24) is 4.90 Å². The number of rotatable bonds is 6. The van der Waals surface area contributed by atoms with Gasteiger partial charge in [0.05, 0.1) is 18.6 Å². The minimum absolute atomic E-state index is 0.112. The van der Waals surface area contributed by atoms with Crippen LogP contribution in [0.3, 0.4) is 0 Å². The van der Waals surface area contributed by atoms with Crippen molar-refractivity contribution in [3.05, 3.63) is 60.2 Å². The van der Waals surface area contributed by atoms with Gasteiger partial charge >= 0.3 is 0 Å². The second kappa shape index (κ2) is 8.20. The highest BCUT2D eigenvalue weighted by molar-refractivity contribution is 7.86. The Morgan fingerprint density at radius 1 is 1.08 bits per heavy atom. The lowest BCUT2D eigenvalue weighted by atomic mass is 9.81. The standard InChI is InChI=1S/C20H25NO4S/c1-21-13-12-20(16-8-10-18(24-2)11-9-16)17(14-21)15-25-26(22,23)19-6-4-3-5-7-19/h3-11,17,20H,12-15H2,1-2H3. The highest BCUT2D eigenvalue weighted by atomic mass is 32.2. The van der Waals surface area contributed by atoms with Crippen molar-refractivity contribution in [1.29, 1.82) is 0 Å². The molecule has 1 aliphatic rings. The first-order chi connectivity index (χ1) is 12.5. The highest BCUT2D eigenvalue weighted by Crippen LogP contribution is 2.34. The molecule has 1 saturated heterocycles. The Balaban J connectivity index is 1.74. The van der Waals surface area contributed by atoms with Gasteiger partial charge in [0.1, 0.15) is 5.75 Å². The summed E-state index contributed by atoms with van der Waals surface area (Å²) in [7, 11) is -0.0250. The van der Waals surface area contributed by atoms with E-state index in [0.29, 0.717) is 0 Å². The third-order valence-electron chi connectivity index (χ3n) is 4.95. The van der Waals surface area contributed by atoms with Crippen molar-refractivity contribution in [2.24, 2.45) is 5.92 Å². The van der Waals surface area contributed by atoms with Gasteiger partial charge in [0.25, 0.3) is 10.1 Å². The van der Waals surface area contributed by atoms with Gasteiger partial charge in [-0.3, -0.25) is 4.18 Å². The van der Waals surface area contributed by atoms with E-state index in [0.717, 1.165) is 25.3 Å². The van der Waals surface area contributed by atoms with Gasteiger partial charge < -0.3 is 9.64 Å². The predicted octanol–water partition coefficient (Wildman–Crippen LogP) is 3.14. The Hall–Kier alpha value is -1.89. The van der Waals surface area contributed by atoms with Crippen molar-refractivity contribution in [2.75, 3.05) is 33.9 Å². The lowest BCUT2D eigenvalue weighted by Gasteiger charge is -2.36. The van der Waals surface area contributed by atoms with Crippen LogP contribution in [0.4, 0.5) is 0 Å². The SMILES string of the molecule is COc1ccc(C2CCN(C)CC2COS(=O)(=O)c2ccccc2)cc1. The van der Waals surface area contributed by atoms with E-state index in [9.17, 15) is 8.42 Å². The summed E-state index contributed by atoms with van der Waals surface area (Å²) in [4.78, 5) is 2.42. The number of nitrogens with zero attached hydrogens (tertiary/aromatic N) is 1. The lowest BCUT2D eigenvalue weighted by molar-refractivity contribution is 0.132. The van der Waals surface area contributed by atoms with E-state index in [1.165, 1.54) is 5.56 Å². The van der Waals surface area contributed by atoms with E-state index < -0.39 is 10.1 Å². The summed E-state index contributed by atoms with van der Waals surface area (Å²) in [6.45, 7) is 1.97. The van der Waals surface area contributed by atoms with Gasteiger partial charge in [0.2, 0.25) is 0 Å². The molecular weight excluding hydrogens is 350 g/mol. The molecule has 1 aliphatic heterocycles. The van der Waals surface area contributed by atoms with Gasteiger partial charge in [0, 0.05) is 12.5 Å². The zero-order valence-electron chi connectivity index (χ0n) is 15.2. The zero-order valence-corrected chi connectivity index (χ0v) is 16.0. The summed E-state index contributed by atoms with van der Waals surface area (Å²) in [5.74, 6) is 1.20. The molecule has 0 amide bonds. The molecule has 2 aromatic carbocycles. The Morgan fingerprint density at radius 3 is 2.42 bits per heavy atom. The van der Waals surface area contributed by atoms with E-state index >= 15 is 0 Å².